The quantitative estimate of drug-likeness (QED) is 0.139. The molecule has 0 radical (unpaired) electrons. The topological polar surface area (TPSA) is 206 Å². The number of benzene rings is 1. The molecular formula is C38H39Cl9O16. The fraction of sp³-hybridized carbons (Fsp3) is 0.632. The molecule has 0 amide bonds. The number of esters is 2. The minimum absolute atomic E-state index is 0.0282. The van der Waals surface area contributed by atoms with Gasteiger partial charge in [-0.25, -0.2) is 19.2 Å². The van der Waals surface area contributed by atoms with Gasteiger partial charge in [0, 0.05) is 31.1 Å². The number of halogens is 9. The van der Waals surface area contributed by atoms with Gasteiger partial charge in [-0.3, -0.25) is 9.59 Å². The molecule has 4 aliphatic rings. The second-order valence-corrected chi connectivity index (χ2v) is 23.5. The Balaban J connectivity index is 1.85. The van der Waals surface area contributed by atoms with E-state index in [4.69, 9.17) is 147 Å². The molecule has 9 atom stereocenters. The van der Waals surface area contributed by atoms with Gasteiger partial charge in [-0.1, -0.05) is 143 Å². The van der Waals surface area contributed by atoms with Crippen LogP contribution >= 0.6 is 104 Å². The van der Waals surface area contributed by atoms with Crippen molar-refractivity contribution < 1.29 is 76.5 Å². The van der Waals surface area contributed by atoms with Crippen LogP contribution in [-0.4, -0.2) is 115 Å². The summed E-state index contributed by atoms with van der Waals surface area (Å²) in [6.07, 6.45) is -12.0. The molecule has 350 valence electrons. The standard InChI is InChI=1S/C38H39Cl9O16/c1-17-20(59-29(51)56-14-36(39,40)41)12-35(54)27(62-28(50)19-9-7-6-8-10-19)25-33(5,26(49)24(23(17)32(35,3)4)61-31(53)58-16-38(45,46)47)21(60-30(52)57-15-37(42,43)44)11-22-34(25,13-55-22)63-18(2)48/h6-10,17,20-22,25,27,54H,11-16H2,1-5H3/t17?,20-,21-,22+,25-,27-,33+,34-,35+/m0/s1. The SMILES string of the molecule is CC(=O)O[C@@]12CO[C@@H]1C[C@H](OC(=O)OCC(Cl)(Cl)Cl)[C@@]1(C)C(=O)C(OC(=O)OCC(Cl)(Cl)Cl)=C3C(C)[C@@H](OC(=O)OCC(Cl)(Cl)Cl)C[C@@](O)([C@@H](OC(=O)c4ccccc4)[C@H]21)C3(C)C. The molecule has 1 unspecified atom stereocenters. The molecule has 1 N–H and O–H groups in total. The Morgan fingerprint density at radius 2 is 1.32 bits per heavy atom. The number of rotatable bonds is 9. The van der Waals surface area contributed by atoms with E-state index in [1.165, 1.54) is 52.0 Å². The maximum atomic E-state index is 15.9. The van der Waals surface area contributed by atoms with Gasteiger partial charge in [-0.15, -0.1) is 0 Å². The van der Waals surface area contributed by atoms with Gasteiger partial charge in [-0.05, 0) is 24.6 Å². The van der Waals surface area contributed by atoms with Crippen LogP contribution in [0, 0.1) is 22.7 Å². The first-order valence-corrected chi connectivity index (χ1v) is 22.1. The molecule has 1 heterocycles. The predicted molar refractivity (Wildman–Crippen MR) is 226 cm³/mol. The van der Waals surface area contributed by atoms with Crippen molar-refractivity contribution in [2.45, 2.75) is 94.5 Å². The second kappa shape index (κ2) is 18.9. The monoisotopic (exact) mass is 1070 g/mol. The molecule has 1 aliphatic heterocycles. The van der Waals surface area contributed by atoms with Gasteiger partial charge in [0.15, 0.2) is 11.4 Å². The molecule has 16 nitrogen and oxygen atoms in total. The lowest BCUT2D eigenvalue weighted by Gasteiger charge is -2.67. The highest BCUT2D eigenvalue weighted by Gasteiger charge is 2.79. The van der Waals surface area contributed by atoms with Crippen LogP contribution in [0.5, 0.6) is 0 Å². The Morgan fingerprint density at radius 3 is 1.81 bits per heavy atom. The van der Waals surface area contributed by atoms with Crippen LogP contribution in [0.4, 0.5) is 14.4 Å². The van der Waals surface area contributed by atoms with E-state index in [-0.39, 0.29) is 11.1 Å². The molecule has 1 saturated heterocycles. The highest BCUT2D eigenvalue weighted by atomic mass is 35.6. The molecule has 2 saturated carbocycles. The van der Waals surface area contributed by atoms with Gasteiger partial charge < -0.3 is 47.7 Å². The maximum absolute atomic E-state index is 15.9. The number of allylic oxidation sites excluding steroid dienone is 1. The van der Waals surface area contributed by atoms with Crippen LogP contribution in [0.1, 0.15) is 57.8 Å². The van der Waals surface area contributed by atoms with Crippen molar-refractivity contribution >= 4 is 141 Å². The van der Waals surface area contributed by atoms with E-state index in [1.54, 1.807) is 6.07 Å². The Morgan fingerprint density at radius 1 is 0.794 bits per heavy atom. The zero-order valence-corrected chi connectivity index (χ0v) is 40.4. The summed E-state index contributed by atoms with van der Waals surface area (Å²) < 4.78 is 44.4. The zero-order valence-electron chi connectivity index (χ0n) is 33.6. The Kier molecular flexibility index (Phi) is 15.6. The van der Waals surface area contributed by atoms with E-state index in [0.29, 0.717) is 0 Å². The molecule has 0 spiro atoms. The van der Waals surface area contributed by atoms with Crippen LogP contribution in [0.2, 0.25) is 0 Å². The number of aliphatic hydroxyl groups is 1. The Hall–Kier alpha value is -2.09. The molecule has 3 aliphatic carbocycles. The average molecular weight is 1070 g/mol. The number of ketones is 1. The maximum Gasteiger partial charge on any atom is 0.514 e. The van der Waals surface area contributed by atoms with Crippen molar-refractivity contribution in [3.05, 3.63) is 47.2 Å². The number of Topliss-reactive ketones (excluding diaryl/α,β-unsaturated/α-hetero) is 1. The number of carbonyl (C=O) groups excluding carboxylic acids is 6. The number of fused-ring (bicyclic) bond motifs is 5. The van der Waals surface area contributed by atoms with Gasteiger partial charge in [0.25, 0.3) is 0 Å². The van der Waals surface area contributed by atoms with Crippen LogP contribution in [-0.2, 0) is 52.2 Å². The van der Waals surface area contributed by atoms with Crippen molar-refractivity contribution in [1.82, 2.24) is 0 Å². The highest BCUT2D eigenvalue weighted by molar-refractivity contribution is 6.68. The third kappa shape index (κ3) is 11.0. The van der Waals surface area contributed by atoms with Crippen molar-refractivity contribution in [3.63, 3.8) is 0 Å². The molecule has 1 aromatic rings. The summed E-state index contributed by atoms with van der Waals surface area (Å²) >= 11 is 52.4. The molecule has 1 aromatic carbocycles. The summed E-state index contributed by atoms with van der Waals surface area (Å²) in [6.45, 7) is 3.67. The Labute approximate surface area is 405 Å². The van der Waals surface area contributed by atoms with Crippen molar-refractivity contribution in [3.8, 4) is 0 Å². The van der Waals surface area contributed by atoms with Crippen LogP contribution in [0.3, 0.4) is 0 Å². The third-order valence-corrected chi connectivity index (χ3v) is 12.6. The Bertz CT molecular complexity index is 2000. The minimum atomic E-state index is -2.56. The summed E-state index contributed by atoms with van der Waals surface area (Å²) in [6, 6.07) is 7.51. The molecule has 2 bridgehead atoms. The minimum Gasteiger partial charge on any atom is -0.455 e. The first-order chi connectivity index (χ1) is 28.9. The predicted octanol–water partition coefficient (Wildman–Crippen LogP) is 8.88. The van der Waals surface area contributed by atoms with Gasteiger partial charge in [0.05, 0.1) is 23.5 Å². The van der Waals surface area contributed by atoms with E-state index >= 15 is 4.79 Å². The van der Waals surface area contributed by atoms with Crippen molar-refractivity contribution in [2.75, 3.05) is 26.4 Å². The molecule has 63 heavy (non-hydrogen) atoms. The summed E-state index contributed by atoms with van der Waals surface area (Å²) in [5, 5.41) is 13.7. The van der Waals surface area contributed by atoms with E-state index in [2.05, 4.69) is 0 Å². The number of ether oxygens (including phenoxy) is 9. The average Bonchev–Trinajstić information content (AvgIpc) is 3.15. The van der Waals surface area contributed by atoms with Gasteiger partial charge in [0.2, 0.25) is 17.2 Å². The van der Waals surface area contributed by atoms with Gasteiger partial charge in [0.1, 0.15) is 49.8 Å². The summed E-state index contributed by atoms with van der Waals surface area (Å²) in [5.74, 6) is -6.98. The molecule has 5 rings (SSSR count). The largest absolute Gasteiger partial charge is 0.514 e. The van der Waals surface area contributed by atoms with E-state index in [1.807, 2.05) is 0 Å². The third-order valence-electron chi connectivity index (χ3n) is 11.6. The second-order valence-electron chi connectivity index (χ2n) is 16.0. The normalized spacial score (nSPS) is 31.3. The van der Waals surface area contributed by atoms with Crippen LogP contribution < -0.4 is 0 Å². The van der Waals surface area contributed by atoms with Gasteiger partial charge >= 0.3 is 30.4 Å². The molecule has 3 fully saturated rings. The fourth-order valence-electron chi connectivity index (χ4n) is 8.87. The number of hydrogen-bond acceptors (Lipinski definition) is 16. The molecular weight excluding hydrogens is 1030 g/mol. The first kappa shape index (κ1) is 51.9. The lowest BCUT2D eigenvalue weighted by molar-refractivity contribution is -0.345. The van der Waals surface area contributed by atoms with Crippen molar-refractivity contribution in [1.29, 1.82) is 0 Å². The summed E-state index contributed by atoms with van der Waals surface area (Å²) in [7, 11) is 0. The van der Waals surface area contributed by atoms with E-state index in [0.717, 1.165) is 6.92 Å². The molecule has 25 heteroatoms. The van der Waals surface area contributed by atoms with E-state index in [9.17, 15) is 29.1 Å². The molecule has 0 aromatic heterocycles. The van der Waals surface area contributed by atoms with Crippen LogP contribution in [0.25, 0.3) is 0 Å². The zero-order chi connectivity index (χ0) is 47.3. The first-order valence-electron chi connectivity index (χ1n) is 18.7. The van der Waals surface area contributed by atoms with Gasteiger partial charge in [-0.2, -0.15) is 0 Å². The van der Waals surface area contributed by atoms with Crippen molar-refractivity contribution in [2.24, 2.45) is 22.7 Å². The summed E-state index contributed by atoms with van der Waals surface area (Å²) in [4.78, 5) is 83.7. The lowest BCUT2D eigenvalue weighted by Crippen LogP contribution is -2.81. The highest BCUT2D eigenvalue weighted by Crippen LogP contribution is 2.65. The number of hydrogen-bond donors (Lipinski definition) is 1. The van der Waals surface area contributed by atoms with Crippen LogP contribution in [0.15, 0.2) is 41.7 Å². The summed E-state index contributed by atoms with van der Waals surface area (Å²) in [5.41, 5.74) is -9.05. The smallest absolute Gasteiger partial charge is 0.455 e. The lowest BCUT2D eigenvalue weighted by atomic mass is 9.45. The number of carbonyl (C=O) groups is 6. The number of alkyl halides is 9. The van der Waals surface area contributed by atoms with E-state index < -0.39 is 151 Å². The fourth-order valence-corrected chi connectivity index (χ4v) is 9.36.